The Morgan fingerprint density at radius 1 is 1.10 bits per heavy atom. The minimum atomic E-state index is -0.670. The summed E-state index contributed by atoms with van der Waals surface area (Å²) in [5.41, 5.74) is 7.75. The van der Waals surface area contributed by atoms with Crippen molar-refractivity contribution in [3.05, 3.63) is 30.3 Å². The zero-order valence-corrected chi connectivity index (χ0v) is 17.0. The van der Waals surface area contributed by atoms with E-state index in [2.05, 4.69) is 23.8 Å². The van der Waals surface area contributed by atoms with Crippen molar-refractivity contribution >= 4 is 16.9 Å². The van der Waals surface area contributed by atoms with E-state index in [-0.39, 0.29) is 5.54 Å². The van der Waals surface area contributed by atoms with Crippen molar-refractivity contribution in [1.29, 1.82) is 0 Å². The summed E-state index contributed by atoms with van der Waals surface area (Å²) < 4.78 is 15.6. The van der Waals surface area contributed by atoms with Crippen LogP contribution in [0.4, 0.5) is 10.2 Å². The van der Waals surface area contributed by atoms with E-state index >= 15 is 0 Å². The third kappa shape index (κ3) is 3.54. The quantitative estimate of drug-likeness (QED) is 0.648. The molecule has 1 aliphatic carbocycles. The Hall–Kier alpha value is -2.70. The molecule has 2 heterocycles. The fourth-order valence-corrected chi connectivity index (χ4v) is 4.57. The second-order valence-corrected chi connectivity index (χ2v) is 8.58. The van der Waals surface area contributed by atoms with Gasteiger partial charge in [0.1, 0.15) is 17.8 Å². The number of aromatic hydroxyl groups is 1. The monoisotopic (exact) mass is 397 g/mol. The van der Waals surface area contributed by atoms with Gasteiger partial charge in [-0.2, -0.15) is 5.10 Å². The lowest BCUT2D eigenvalue weighted by molar-refractivity contribution is 0.164. The van der Waals surface area contributed by atoms with Crippen LogP contribution in [-0.4, -0.2) is 24.9 Å². The molecule has 154 valence electrons. The summed E-state index contributed by atoms with van der Waals surface area (Å²) in [7, 11) is 0. The average Bonchev–Trinajstić information content (AvgIpc) is 3.05. The molecule has 7 heteroatoms. The van der Waals surface area contributed by atoms with Crippen molar-refractivity contribution in [1.82, 2.24) is 19.7 Å². The number of nitrogen functional groups attached to an aromatic ring is 1. The molecule has 1 aliphatic rings. The SMILES string of the molecule is CC(C)(C1CCCCCCC1)n1nc(-c2ccc(F)c(O)c2)c2c(N)ncnc21. The van der Waals surface area contributed by atoms with Crippen LogP contribution in [0.3, 0.4) is 0 Å². The highest BCUT2D eigenvalue weighted by atomic mass is 19.1. The lowest BCUT2D eigenvalue weighted by Crippen LogP contribution is -2.37. The first-order chi connectivity index (χ1) is 13.9. The van der Waals surface area contributed by atoms with Crippen molar-refractivity contribution in [2.75, 3.05) is 5.73 Å². The first-order valence-electron chi connectivity index (χ1n) is 10.4. The lowest BCUT2D eigenvalue weighted by atomic mass is 9.78. The maximum absolute atomic E-state index is 13.6. The maximum Gasteiger partial charge on any atom is 0.164 e. The van der Waals surface area contributed by atoms with Crippen LogP contribution in [0.2, 0.25) is 0 Å². The van der Waals surface area contributed by atoms with Gasteiger partial charge in [0.2, 0.25) is 0 Å². The number of fused-ring (bicyclic) bond motifs is 1. The van der Waals surface area contributed by atoms with Crippen molar-refractivity contribution in [2.24, 2.45) is 5.92 Å². The van der Waals surface area contributed by atoms with Gasteiger partial charge in [-0.3, -0.25) is 0 Å². The number of nitrogens with two attached hydrogens (primary N) is 1. The Morgan fingerprint density at radius 2 is 1.79 bits per heavy atom. The minimum Gasteiger partial charge on any atom is -0.505 e. The van der Waals surface area contributed by atoms with Crippen molar-refractivity contribution in [3.8, 4) is 17.0 Å². The summed E-state index contributed by atoms with van der Waals surface area (Å²) in [5.74, 6) is -0.290. The first-order valence-corrected chi connectivity index (χ1v) is 10.4. The van der Waals surface area contributed by atoms with Crippen LogP contribution in [0.1, 0.15) is 58.8 Å². The van der Waals surface area contributed by atoms with Gasteiger partial charge < -0.3 is 10.8 Å². The molecular weight excluding hydrogens is 369 g/mol. The number of hydrogen-bond donors (Lipinski definition) is 2. The van der Waals surface area contributed by atoms with E-state index < -0.39 is 11.6 Å². The number of aromatic nitrogens is 4. The van der Waals surface area contributed by atoms with Gasteiger partial charge >= 0.3 is 0 Å². The summed E-state index contributed by atoms with van der Waals surface area (Å²) >= 11 is 0. The normalized spacial score (nSPS) is 16.7. The number of nitrogens with zero attached hydrogens (tertiary/aromatic N) is 4. The van der Waals surface area contributed by atoms with E-state index in [4.69, 9.17) is 10.8 Å². The number of phenols is 1. The number of phenolic OH excluding ortho intramolecular Hbond substituents is 1. The molecule has 29 heavy (non-hydrogen) atoms. The molecule has 0 aliphatic heterocycles. The Labute approximate surface area is 170 Å². The van der Waals surface area contributed by atoms with Gasteiger partial charge in [-0.05, 0) is 50.8 Å². The van der Waals surface area contributed by atoms with E-state index in [1.807, 2.05) is 4.68 Å². The third-order valence-corrected chi connectivity index (χ3v) is 6.36. The molecule has 2 aromatic heterocycles. The topological polar surface area (TPSA) is 89.8 Å². The second-order valence-electron chi connectivity index (χ2n) is 8.58. The summed E-state index contributed by atoms with van der Waals surface area (Å²) in [4.78, 5) is 8.65. The van der Waals surface area contributed by atoms with Crippen LogP contribution in [-0.2, 0) is 5.54 Å². The molecule has 1 fully saturated rings. The van der Waals surface area contributed by atoms with E-state index in [0.717, 1.165) is 12.8 Å². The molecule has 0 spiro atoms. The average molecular weight is 397 g/mol. The molecule has 3 N–H and O–H groups in total. The number of halogens is 1. The third-order valence-electron chi connectivity index (χ3n) is 6.36. The highest BCUT2D eigenvalue weighted by molar-refractivity contribution is 5.98. The Morgan fingerprint density at radius 3 is 2.48 bits per heavy atom. The molecule has 6 nitrogen and oxygen atoms in total. The number of rotatable bonds is 3. The number of anilines is 1. The summed E-state index contributed by atoms with van der Waals surface area (Å²) in [6.07, 6.45) is 10.1. The summed E-state index contributed by atoms with van der Waals surface area (Å²) in [6.45, 7) is 4.41. The number of benzene rings is 1. The predicted molar refractivity (Wildman–Crippen MR) is 112 cm³/mol. The Bertz CT molecular complexity index is 1020. The van der Waals surface area contributed by atoms with Gasteiger partial charge in [-0.15, -0.1) is 0 Å². The van der Waals surface area contributed by atoms with Crippen LogP contribution < -0.4 is 5.73 Å². The molecule has 0 bridgehead atoms. The molecule has 0 unspecified atom stereocenters. The smallest absolute Gasteiger partial charge is 0.164 e. The van der Waals surface area contributed by atoms with Crippen LogP contribution in [0, 0.1) is 11.7 Å². The maximum atomic E-state index is 13.6. The van der Waals surface area contributed by atoms with Gasteiger partial charge in [0.15, 0.2) is 17.2 Å². The van der Waals surface area contributed by atoms with E-state index in [9.17, 15) is 9.50 Å². The lowest BCUT2D eigenvalue weighted by Gasteiger charge is -2.36. The molecule has 1 saturated carbocycles. The molecular formula is C22H28FN5O. The van der Waals surface area contributed by atoms with E-state index in [0.29, 0.717) is 34.0 Å². The predicted octanol–water partition coefficient (Wildman–Crippen LogP) is 5.02. The summed E-state index contributed by atoms with van der Waals surface area (Å²) in [5, 5.41) is 15.4. The van der Waals surface area contributed by atoms with Crippen LogP contribution in [0.25, 0.3) is 22.3 Å². The molecule has 0 atom stereocenters. The van der Waals surface area contributed by atoms with Crippen LogP contribution in [0.5, 0.6) is 5.75 Å². The van der Waals surface area contributed by atoms with Gasteiger partial charge in [0, 0.05) is 5.56 Å². The Balaban J connectivity index is 1.86. The van der Waals surface area contributed by atoms with E-state index in [1.165, 1.54) is 50.6 Å². The van der Waals surface area contributed by atoms with Gasteiger partial charge in [-0.1, -0.05) is 32.1 Å². The van der Waals surface area contributed by atoms with Crippen molar-refractivity contribution in [3.63, 3.8) is 0 Å². The van der Waals surface area contributed by atoms with Crippen LogP contribution >= 0.6 is 0 Å². The van der Waals surface area contributed by atoms with Gasteiger partial charge in [0.05, 0.1) is 10.9 Å². The van der Waals surface area contributed by atoms with Crippen molar-refractivity contribution < 1.29 is 9.50 Å². The van der Waals surface area contributed by atoms with Crippen molar-refractivity contribution in [2.45, 2.75) is 64.3 Å². The highest BCUT2D eigenvalue weighted by Crippen LogP contribution is 2.40. The Kier molecular flexibility index (Phi) is 5.15. The molecule has 0 saturated heterocycles. The summed E-state index contributed by atoms with van der Waals surface area (Å²) in [6, 6.07) is 4.20. The molecule has 0 radical (unpaired) electrons. The van der Waals surface area contributed by atoms with Gasteiger partial charge in [0.25, 0.3) is 0 Å². The zero-order chi connectivity index (χ0) is 20.6. The fourth-order valence-electron chi connectivity index (χ4n) is 4.57. The first kappa shape index (κ1) is 19.6. The molecule has 0 amide bonds. The minimum absolute atomic E-state index is 0.267. The molecule has 3 aromatic rings. The van der Waals surface area contributed by atoms with E-state index in [1.54, 1.807) is 6.07 Å². The van der Waals surface area contributed by atoms with Gasteiger partial charge in [-0.25, -0.2) is 19.0 Å². The standard InChI is InChI=1S/C22H28FN5O/c1-22(2,15-8-6-4-3-5-7-9-15)28-21-18(20(24)25-13-26-21)19(27-28)14-10-11-16(23)17(29)12-14/h10-13,15,29H,3-9H2,1-2H3,(H2,24,25,26). The largest absolute Gasteiger partial charge is 0.505 e. The van der Waals surface area contributed by atoms with Crippen LogP contribution in [0.15, 0.2) is 24.5 Å². The number of hydrogen-bond acceptors (Lipinski definition) is 5. The fraction of sp³-hybridized carbons (Fsp3) is 0.500. The molecule has 1 aromatic carbocycles. The zero-order valence-electron chi connectivity index (χ0n) is 17.0. The highest BCUT2D eigenvalue weighted by Gasteiger charge is 2.35. The second kappa shape index (κ2) is 7.61. The molecule has 4 rings (SSSR count).